The van der Waals surface area contributed by atoms with Gasteiger partial charge < -0.3 is 25.7 Å². The molecule has 5 rings (SSSR count). The number of rotatable bonds is 8. The van der Waals surface area contributed by atoms with E-state index in [9.17, 15) is 4.79 Å². The zero-order valence-electron chi connectivity index (χ0n) is 19.9. The predicted octanol–water partition coefficient (Wildman–Crippen LogP) is 3.32. The SMILES string of the molecule is Cc1cc2c([nH]1)CCC(Nc1ccnc(Nc3cccc(C(=O)NCCN4CCOCC4)c3)n1)=C2. The highest BCUT2D eigenvalue weighted by Gasteiger charge is 2.14. The number of allylic oxidation sites excluding steroid dienone is 1. The molecule has 9 heteroatoms. The van der Waals surface area contributed by atoms with E-state index in [1.807, 2.05) is 24.3 Å². The third-order valence-electron chi connectivity index (χ3n) is 6.18. The predicted molar refractivity (Wildman–Crippen MR) is 137 cm³/mol. The van der Waals surface area contributed by atoms with E-state index in [1.165, 1.54) is 17.0 Å². The number of benzene rings is 1. The quantitative estimate of drug-likeness (QED) is 0.398. The van der Waals surface area contributed by atoms with Crippen LogP contribution in [-0.2, 0) is 11.2 Å². The maximum Gasteiger partial charge on any atom is 0.251 e. The van der Waals surface area contributed by atoms with Crippen molar-refractivity contribution in [2.24, 2.45) is 0 Å². The summed E-state index contributed by atoms with van der Waals surface area (Å²) in [6.07, 6.45) is 5.77. The molecule has 0 spiro atoms. The van der Waals surface area contributed by atoms with Crippen LogP contribution in [0.4, 0.5) is 17.5 Å². The van der Waals surface area contributed by atoms with E-state index in [0.29, 0.717) is 18.1 Å². The molecule has 0 unspecified atom stereocenters. The Balaban J connectivity index is 1.18. The van der Waals surface area contributed by atoms with Crippen LogP contribution >= 0.6 is 0 Å². The Hall–Kier alpha value is -3.69. The summed E-state index contributed by atoms with van der Waals surface area (Å²) in [4.78, 5) is 27.3. The van der Waals surface area contributed by atoms with Crippen LogP contribution in [0.15, 0.2) is 48.3 Å². The van der Waals surface area contributed by atoms with Crippen LogP contribution in [0.5, 0.6) is 0 Å². The fraction of sp³-hybridized carbons (Fsp3) is 0.346. The number of nitrogens with zero attached hydrogens (tertiary/aromatic N) is 3. The monoisotopic (exact) mass is 473 g/mol. The summed E-state index contributed by atoms with van der Waals surface area (Å²) in [5, 5.41) is 9.63. The number of carbonyl (C=O) groups excluding carboxylic acids is 1. The average molecular weight is 474 g/mol. The van der Waals surface area contributed by atoms with Gasteiger partial charge in [0.1, 0.15) is 5.82 Å². The highest BCUT2D eigenvalue weighted by Crippen LogP contribution is 2.25. The van der Waals surface area contributed by atoms with Crippen LogP contribution in [0, 0.1) is 6.92 Å². The molecule has 4 N–H and O–H groups in total. The molecule has 1 aliphatic carbocycles. The molecular weight excluding hydrogens is 442 g/mol. The Morgan fingerprint density at radius 1 is 1.14 bits per heavy atom. The first-order valence-electron chi connectivity index (χ1n) is 12.1. The Bertz CT molecular complexity index is 1210. The minimum atomic E-state index is -0.0955. The number of fused-ring (bicyclic) bond motifs is 1. The molecule has 0 saturated carbocycles. The molecule has 3 aromatic rings. The van der Waals surface area contributed by atoms with Gasteiger partial charge in [-0.05, 0) is 61.7 Å². The molecule has 1 amide bonds. The summed E-state index contributed by atoms with van der Waals surface area (Å²) in [6, 6.07) is 11.4. The number of amides is 1. The van der Waals surface area contributed by atoms with Gasteiger partial charge in [-0.25, -0.2) is 4.98 Å². The van der Waals surface area contributed by atoms with E-state index < -0.39 is 0 Å². The lowest BCUT2D eigenvalue weighted by Gasteiger charge is -2.26. The van der Waals surface area contributed by atoms with Gasteiger partial charge in [0, 0.05) is 60.7 Å². The number of ether oxygens (including phenoxy) is 1. The van der Waals surface area contributed by atoms with Gasteiger partial charge in [0.2, 0.25) is 5.95 Å². The van der Waals surface area contributed by atoms with E-state index in [1.54, 1.807) is 12.3 Å². The number of hydrogen-bond acceptors (Lipinski definition) is 7. The number of aromatic nitrogens is 3. The molecule has 35 heavy (non-hydrogen) atoms. The van der Waals surface area contributed by atoms with Gasteiger partial charge in [-0.1, -0.05) is 6.07 Å². The summed E-state index contributed by atoms with van der Waals surface area (Å²) in [5.41, 5.74) is 6.15. The molecule has 2 aliphatic rings. The first-order chi connectivity index (χ1) is 17.1. The van der Waals surface area contributed by atoms with Crippen LogP contribution in [0.1, 0.15) is 33.7 Å². The van der Waals surface area contributed by atoms with Crippen molar-refractivity contribution < 1.29 is 9.53 Å². The second-order valence-corrected chi connectivity index (χ2v) is 8.86. The van der Waals surface area contributed by atoms with E-state index in [2.05, 4.69) is 54.9 Å². The number of nitrogens with one attached hydrogen (secondary N) is 4. The van der Waals surface area contributed by atoms with Crippen LogP contribution in [0.3, 0.4) is 0 Å². The van der Waals surface area contributed by atoms with Gasteiger partial charge in [0.15, 0.2) is 0 Å². The Kier molecular flexibility index (Phi) is 7.06. The van der Waals surface area contributed by atoms with Gasteiger partial charge in [0.05, 0.1) is 13.2 Å². The van der Waals surface area contributed by atoms with Crippen LogP contribution in [0.2, 0.25) is 0 Å². The number of hydrogen-bond donors (Lipinski definition) is 4. The van der Waals surface area contributed by atoms with Crippen molar-refractivity contribution in [3.63, 3.8) is 0 Å². The maximum atomic E-state index is 12.6. The van der Waals surface area contributed by atoms with Crippen molar-refractivity contribution in [2.45, 2.75) is 19.8 Å². The molecule has 3 heterocycles. The summed E-state index contributed by atoms with van der Waals surface area (Å²) < 4.78 is 5.36. The fourth-order valence-corrected chi connectivity index (χ4v) is 4.40. The summed E-state index contributed by atoms with van der Waals surface area (Å²) in [5.74, 6) is 1.10. The fourth-order valence-electron chi connectivity index (χ4n) is 4.40. The van der Waals surface area contributed by atoms with Gasteiger partial charge in [-0.15, -0.1) is 0 Å². The molecule has 0 bridgehead atoms. The molecule has 1 aliphatic heterocycles. The number of aromatic amines is 1. The number of H-pyrrole nitrogens is 1. The van der Waals surface area contributed by atoms with E-state index in [-0.39, 0.29) is 5.91 Å². The van der Waals surface area contributed by atoms with E-state index >= 15 is 0 Å². The zero-order chi connectivity index (χ0) is 24.0. The average Bonchev–Trinajstić information content (AvgIpc) is 3.24. The Morgan fingerprint density at radius 2 is 2.03 bits per heavy atom. The number of morpholine rings is 1. The lowest BCUT2D eigenvalue weighted by atomic mass is 10.0. The normalized spacial score (nSPS) is 15.7. The largest absolute Gasteiger partial charge is 0.379 e. The van der Waals surface area contributed by atoms with Crippen LogP contribution in [-0.4, -0.2) is 65.2 Å². The molecule has 182 valence electrons. The summed E-state index contributed by atoms with van der Waals surface area (Å²) >= 11 is 0. The minimum absolute atomic E-state index is 0.0955. The molecule has 1 fully saturated rings. The maximum absolute atomic E-state index is 12.6. The standard InChI is InChI=1S/C26H31N7O2/c1-18-15-20-17-22(5-6-23(20)29-18)30-24-7-8-28-26(32-24)31-21-4-2-3-19(16-21)25(34)27-9-10-33-11-13-35-14-12-33/h2-4,7-8,15-17,29H,5-6,9-14H2,1H3,(H,27,34)(H2,28,30,31,32). The van der Waals surface area contributed by atoms with Crippen molar-refractivity contribution in [1.29, 1.82) is 0 Å². The molecule has 1 aromatic carbocycles. The molecule has 0 radical (unpaired) electrons. The number of aryl methyl sites for hydroxylation is 2. The van der Waals surface area contributed by atoms with Crippen LogP contribution < -0.4 is 16.0 Å². The first-order valence-corrected chi connectivity index (χ1v) is 12.1. The molecule has 9 nitrogen and oxygen atoms in total. The highest BCUT2D eigenvalue weighted by atomic mass is 16.5. The smallest absolute Gasteiger partial charge is 0.251 e. The van der Waals surface area contributed by atoms with Gasteiger partial charge in [0.25, 0.3) is 5.91 Å². The number of anilines is 3. The highest BCUT2D eigenvalue weighted by molar-refractivity contribution is 5.95. The van der Waals surface area contributed by atoms with Crippen molar-refractivity contribution in [3.8, 4) is 0 Å². The van der Waals surface area contributed by atoms with Gasteiger partial charge >= 0.3 is 0 Å². The second-order valence-electron chi connectivity index (χ2n) is 8.86. The Labute approximate surface area is 205 Å². The molecular formula is C26H31N7O2. The minimum Gasteiger partial charge on any atom is -0.379 e. The van der Waals surface area contributed by atoms with E-state index in [4.69, 9.17) is 4.74 Å². The molecule has 0 atom stereocenters. The van der Waals surface area contributed by atoms with Gasteiger partial charge in [-0.2, -0.15) is 4.98 Å². The second kappa shape index (κ2) is 10.7. The molecule has 2 aromatic heterocycles. The molecule has 1 saturated heterocycles. The Morgan fingerprint density at radius 3 is 2.91 bits per heavy atom. The third kappa shape index (κ3) is 6.06. The third-order valence-corrected chi connectivity index (χ3v) is 6.18. The lowest BCUT2D eigenvalue weighted by Crippen LogP contribution is -2.41. The topological polar surface area (TPSA) is 107 Å². The number of carbonyl (C=O) groups is 1. The zero-order valence-corrected chi connectivity index (χ0v) is 19.9. The van der Waals surface area contributed by atoms with Crippen LogP contribution in [0.25, 0.3) is 6.08 Å². The first kappa shape index (κ1) is 23.1. The van der Waals surface area contributed by atoms with Gasteiger partial charge in [-0.3, -0.25) is 9.69 Å². The van der Waals surface area contributed by atoms with E-state index in [0.717, 1.165) is 62.9 Å². The van der Waals surface area contributed by atoms with Crippen molar-refractivity contribution in [3.05, 3.63) is 70.8 Å². The van der Waals surface area contributed by atoms with Crippen molar-refractivity contribution in [2.75, 3.05) is 50.0 Å². The van der Waals surface area contributed by atoms with Crippen molar-refractivity contribution in [1.82, 2.24) is 25.2 Å². The van der Waals surface area contributed by atoms with Crippen molar-refractivity contribution >= 4 is 29.4 Å². The summed E-state index contributed by atoms with van der Waals surface area (Å²) in [6.45, 7) is 6.83. The summed E-state index contributed by atoms with van der Waals surface area (Å²) in [7, 11) is 0. The lowest BCUT2D eigenvalue weighted by molar-refractivity contribution is 0.0383.